The Morgan fingerprint density at radius 3 is 1.93 bits per heavy atom. The predicted octanol–water partition coefficient (Wildman–Crippen LogP) is 7.22. The SMILES string of the molecule is CCCCCc1cc(F)c(C#Cc2ccc(N=Nc3ccc(O)cc3)cc2)c(F)c1. The zero-order chi connectivity index (χ0) is 21.3. The van der Waals surface area contributed by atoms with Gasteiger partial charge in [-0.05, 0) is 79.1 Å². The molecule has 0 aromatic heterocycles. The van der Waals surface area contributed by atoms with Crippen LogP contribution in [0, 0.1) is 23.5 Å². The Morgan fingerprint density at radius 1 is 0.800 bits per heavy atom. The second kappa shape index (κ2) is 10.3. The molecule has 0 aliphatic carbocycles. The minimum absolute atomic E-state index is 0.163. The van der Waals surface area contributed by atoms with Crippen molar-refractivity contribution < 1.29 is 13.9 Å². The standard InChI is InChI=1S/C25H22F2N2O/c1-2-3-4-5-19-16-24(26)23(25(27)17-19)15-8-18-6-9-20(10-7-18)28-29-21-11-13-22(30)14-12-21/h6-7,9-14,16-17,30H,2-5H2,1H3. The molecular formula is C25H22F2N2O. The first-order valence-electron chi connectivity index (χ1n) is 9.86. The minimum Gasteiger partial charge on any atom is -0.508 e. The first kappa shape index (κ1) is 21.2. The van der Waals surface area contributed by atoms with Gasteiger partial charge in [0.2, 0.25) is 0 Å². The Morgan fingerprint density at radius 2 is 1.37 bits per heavy atom. The van der Waals surface area contributed by atoms with Crippen LogP contribution in [0.1, 0.15) is 42.9 Å². The quantitative estimate of drug-likeness (QED) is 0.263. The van der Waals surface area contributed by atoms with Gasteiger partial charge in [0.1, 0.15) is 17.4 Å². The lowest BCUT2D eigenvalue weighted by Crippen LogP contribution is -1.95. The molecule has 0 spiro atoms. The molecule has 0 fully saturated rings. The Hall–Kier alpha value is -3.52. The van der Waals surface area contributed by atoms with E-state index in [1.54, 1.807) is 36.4 Å². The molecule has 1 N–H and O–H groups in total. The Balaban J connectivity index is 1.69. The number of aryl methyl sites for hydroxylation is 1. The number of phenols is 1. The first-order chi connectivity index (χ1) is 14.5. The summed E-state index contributed by atoms with van der Waals surface area (Å²) in [4.78, 5) is 0. The van der Waals surface area contributed by atoms with Gasteiger partial charge in [-0.25, -0.2) is 8.78 Å². The molecule has 0 aliphatic rings. The molecule has 0 saturated heterocycles. The summed E-state index contributed by atoms with van der Waals surface area (Å²) >= 11 is 0. The summed E-state index contributed by atoms with van der Waals surface area (Å²) in [6.07, 6.45) is 3.67. The first-order valence-corrected chi connectivity index (χ1v) is 9.86. The second-order valence-corrected chi connectivity index (χ2v) is 6.90. The lowest BCUT2D eigenvalue weighted by Gasteiger charge is -2.04. The van der Waals surface area contributed by atoms with Crippen molar-refractivity contribution in [2.75, 3.05) is 0 Å². The van der Waals surface area contributed by atoms with E-state index >= 15 is 0 Å². The summed E-state index contributed by atoms with van der Waals surface area (Å²) < 4.78 is 28.6. The lowest BCUT2D eigenvalue weighted by molar-refractivity contribution is 0.475. The van der Waals surface area contributed by atoms with Crippen LogP contribution in [-0.2, 0) is 6.42 Å². The number of phenolic OH excluding ortho intramolecular Hbond substituents is 1. The van der Waals surface area contributed by atoms with Gasteiger partial charge in [-0.1, -0.05) is 31.6 Å². The highest BCUT2D eigenvalue weighted by molar-refractivity contribution is 5.49. The fraction of sp³-hybridized carbons (Fsp3) is 0.200. The number of nitrogens with zero attached hydrogens (tertiary/aromatic N) is 2. The van der Waals surface area contributed by atoms with Gasteiger partial charge in [0.25, 0.3) is 0 Å². The topological polar surface area (TPSA) is 45.0 Å². The number of rotatable bonds is 6. The predicted molar refractivity (Wildman–Crippen MR) is 114 cm³/mol. The second-order valence-electron chi connectivity index (χ2n) is 6.90. The molecule has 0 amide bonds. The molecule has 0 saturated carbocycles. The van der Waals surface area contributed by atoms with Crippen LogP contribution in [0.2, 0.25) is 0 Å². The Kier molecular flexibility index (Phi) is 7.29. The molecule has 0 heterocycles. The van der Waals surface area contributed by atoms with Crippen LogP contribution in [0.5, 0.6) is 5.75 Å². The maximum atomic E-state index is 14.3. The van der Waals surface area contributed by atoms with E-state index < -0.39 is 11.6 Å². The van der Waals surface area contributed by atoms with Crippen LogP contribution in [0.3, 0.4) is 0 Å². The molecule has 3 nitrogen and oxygen atoms in total. The smallest absolute Gasteiger partial charge is 0.142 e. The number of azo groups is 1. The summed E-state index contributed by atoms with van der Waals surface area (Å²) in [6.45, 7) is 2.09. The van der Waals surface area contributed by atoms with Gasteiger partial charge < -0.3 is 5.11 Å². The van der Waals surface area contributed by atoms with Crippen molar-refractivity contribution in [3.8, 4) is 17.6 Å². The number of hydrogen-bond donors (Lipinski definition) is 1. The molecule has 3 aromatic rings. The van der Waals surface area contributed by atoms with E-state index in [-0.39, 0.29) is 11.3 Å². The monoisotopic (exact) mass is 404 g/mol. The number of halogens is 2. The number of aromatic hydroxyl groups is 1. The summed E-state index contributed by atoms with van der Waals surface area (Å²) in [6, 6.07) is 16.0. The lowest BCUT2D eigenvalue weighted by atomic mass is 10.0. The van der Waals surface area contributed by atoms with E-state index in [0.717, 1.165) is 19.3 Å². The summed E-state index contributed by atoms with van der Waals surface area (Å²) in [5, 5.41) is 17.5. The van der Waals surface area contributed by atoms with Gasteiger partial charge in [0.15, 0.2) is 0 Å². The van der Waals surface area contributed by atoms with Crippen LogP contribution in [0.15, 0.2) is 70.9 Å². The molecule has 0 bridgehead atoms. The zero-order valence-corrected chi connectivity index (χ0v) is 16.7. The van der Waals surface area contributed by atoms with Crippen LogP contribution in [-0.4, -0.2) is 5.11 Å². The van der Waals surface area contributed by atoms with Crippen LogP contribution in [0.25, 0.3) is 0 Å². The molecule has 3 aromatic carbocycles. The number of unbranched alkanes of at least 4 members (excludes halogenated alkanes) is 2. The highest BCUT2D eigenvalue weighted by Gasteiger charge is 2.09. The molecule has 0 radical (unpaired) electrons. The average Bonchev–Trinajstić information content (AvgIpc) is 2.74. The summed E-state index contributed by atoms with van der Waals surface area (Å²) in [5.41, 5.74) is 2.28. The van der Waals surface area contributed by atoms with Crippen LogP contribution >= 0.6 is 0 Å². The van der Waals surface area contributed by atoms with Crippen molar-refractivity contribution in [3.63, 3.8) is 0 Å². The summed E-state index contributed by atoms with van der Waals surface area (Å²) in [5.74, 6) is 4.29. The normalized spacial score (nSPS) is 10.8. The minimum atomic E-state index is -0.631. The summed E-state index contributed by atoms with van der Waals surface area (Å²) in [7, 11) is 0. The van der Waals surface area contributed by atoms with Crippen molar-refractivity contribution in [2.24, 2.45) is 10.2 Å². The van der Waals surface area contributed by atoms with E-state index in [9.17, 15) is 13.9 Å². The van der Waals surface area contributed by atoms with Gasteiger partial charge in [0, 0.05) is 5.56 Å². The van der Waals surface area contributed by atoms with Gasteiger partial charge in [0.05, 0.1) is 16.9 Å². The third kappa shape index (κ3) is 5.99. The number of hydrogen-bond acceptors (Lipinski definition) is 3. The highest BCUT2D eigenvalue weighted by atomic mass is 19.1. The van der Waals surface area contributed by atoms with Gasteiger partial charge >= 0.3 is 0 Å². The Labute approximate surface area is 175 Å². The van der Waals surface area contributed by atoms with E-state index in [1.165, 1.54) is 24.3 Å². The largest absolute Gasteiger partial charge is 0.508 e. The van der Waals surface area contributed by atoms with Gasteiger partial charge in [-0.3, -0.25) is 0 Å². The fourth-order valence-electron chi connectivity index (χ4n) is 2.85. The van der Waals surface area contributed by atoms with Crippen molar-refractivity contribution in [2.45, 2.75) is 32.6 Å². The van der Waals surface area contributed by atoms with Crippen LogP contribution < -0.4 is 0 Å². The van der Waals surface area contributed by atoms with Gasteiger partial charge in [-0.15, -0.1) is 0 Å². The molecule has 0 atom stereocenters. The molecule has 152 valence electrons. The third-order valence-corrected chi connectivity index (χ3v) is 4.50. The molecule has 0 aliphatic heterocycles. The molecule has 5 heteroatoms. The van der Waals surface area contributed by atoms with E-state index in [4.69, 9.17) is 0 Å². The maximum Gasteiger partial charge on any atom is 0.142 e. The average molecular weight is 404 g/mol. The zero-order valence-electron chi connectivity index (χ0n) is 16.7. The molecule has 30 heavy (non-hydrogen) atoms. The van der Waals surface area contributed by atoms with Gasteiger partial charge in [-0.2, -0.15) is 10.2 Å². The highest BCUT2D eigenvalue weighted by Crippen LogP contribution is 2.21. The van der Waals surface area contributed by atoms with E-state index in [2.05, 4.69) is 29.0 Å². The Bertz CT molecular complexity index is 1060. The number of benzene rings is 3. The van der Waals surface area contributed by atoms with E-state index in [1.807, 2.05) is 0 Å². The van der Waals surface area contributed by atoms with Crippen LogP contribution in [0.4, 0.5) is 20.2 Å². The molecule has 3 rings (SSSR count). The fourth-order valence-corrected chi connectivity index (χ4v) is 2.85. The molecular weight excluding hydrogens is 382 g/mol. The van der Waals surface area contributed by atoms with E-state index in [0.29, 0.717) is 28.9 Å². The van der Waals surface area contributed by atoms with Crippen molar-refractivity contribution in [1.29, 1.82) is 0 Å². The van der Waals surface area contributed by atoms with Crippen molar-refractivity contribution >= 4 is 11.4 Å². The third-order valence-electron chi connectivity index (χ3n) is 4.50. The van der Waals surface area contributed by atoms with Crippen molar-refractivity contribution in [3.05, 3.63) is 89.0 Å². The maximum absolute atomic E-state index is 14.3. The molecule has 0 unspecified atom stereocenters. The van der Waals surface area contributed by atoms with Crippen molar-refractivity contribution in [1.82, 2.24) is 0 Å².